The first-order valence-corrected chi connectivity index (χ1v) is 17.3. The summed E-state index contributed by atoms with van der Waals surface area (Å²) in [5, 5.41) is 14.5. The summed E-state index contributed by atoms with van der Waals surface area (Å²) in [5.41, 5.74) is 3.13. The second kappa shape index (κ2) is 14.1. The molecule has 0 saturated carbocycles. The maximum atomic E-state index is 14.2. The number of sulfonamides is 1. The molecule has 0 spiro atoms. The third kappa shape index (κ3) is 7.52. The number of aliphatic hydroxyl groups is 1. The van der Waals surface area contributed by atoms with Gasteiger partial charge >= 0.3 is 6.09 Å². The van der Waals surface area contributed by atoms with E-state index in [2.05, 4.69) is 15.3 Å². The lowest BCUT2D eigenvalue weighted by atomic mass is 10.0. The summed E-state index contributed by atoms with van der Waals surface area (Å²) in [4.78, 5) is 21.9. The zero-order valence-corrected chi connectivity index (χ0v) is 27.6. The number of fused-ring (bicyclic) bond motifs is 2. The Balaban J connectivity index is 1.23. The first kappa shape index (κ1) is 33.1. The number of amides is 1. The number of carbonyl (C=O) groups is 1. The van der Waals surface area contributed by atoms with Crippen LogP contribution in [0.3, 0.4) is 0 Å². The van der Waals surface area contributed by atoms with Crippen LogP contribution in [-0.2, 0) is 44.2 Å². The van der Waals surface area contributed by atoms with Crippen LogP contribution >= 0.6 is 0 Å². The van der Waals surface area contributed by atoms with Crippen molar-refractivity contribution in [1.29, 1.82) is 0 Å². The molecule has 47 heavy (non-hydrogen) atoms. The number of carbonyl (C=O) groups excluding carboxylic acids is 1. The van der Waals surface area contributed by atoms with E-state index in [9.17, 15) is 18.3 Å². The van der Waals surface area contributed by atoms with Crippen molar-refractivity contribution in [2.45, 2.75) is 62.7 Å². The van der Waals surface area contributed by atoms with Crippen molar-refractivity contribution in [2.75, 3.05) is 26.3 Å². The summed E-state index contributed by atoms with van der Waals surface area (Å²) in [7, 11) is -2.17. The number of nitrogens with one attached hydrogen (secondary N) is 1. The number of rotatable bonds is 13. The fourth-order valence-corrected chi connectivity index (χ4v) is 7.86. The second-order valence-electron chi connectivity index (χ2n) is 12.7. The van der Waals surface area contributed by atoms with Crippen molar-refractivity contribution in [3.63, 3.8) is 0 Å². The minimum Gasteiger partial charge on any atom is -0.443 e. The van der Waals surface area contributed by atoms with Gasteiger partial charge < -0.3 is 33.8 Å². The quantitative estimate of drug-likeness (QED) is 0.220. The summed E-state index contributed by atoms with van der Waals surface area (Å²) in [6.45, 7) is 5.01. The fourth-order valence-electron chi connectivity index (χ4n) is 6.22. The molecule has 2 fully saturated rings. The summed E-state index contributed by atoms with van der Waals surface area (Å²) < 4.78 is 50.4. The SMILES string of the molecule is CC(C)CN(C[C@@H](O)[C@H](Cc1ccccc1)NC(=O)O[C@H]1CO[C@H]2OCC[C@H]21)S(=O)(=O)c1ccc2ncn(Cc3cncn3C)c2c1. The molecule has 0 bridgehead atoms. The molecule has 2 aromatic heterocycles. The fraction of sp³-hybridized carbons (Fsp3) is 0.485. The number of hydrogen-bond acceptors (Lipinski definition) is 9. The van der Waals surface area contributed by atoms with Crippen LogP contribution in [0.5, 0.6) is 0 Å². The van der Waals surface area contributed by atoms with Crippen molar-refractivity contribution in [2.24, 2.45) is 18.9 Å². The highest BCUT2D eigenvalue weighted by Gasteiger charge is 2.44. The van der Waals surface area contributed by atoms with Gasteiger partial charge in [-0.05, 0) is 42.5 Å². The smallest absolute Gasteiger partial charge is 0.407 e. The van der Waals surface area contributed by atoms with Crippen molar-refractivity contribution >= 4 is 27.1 Å². The van der Waals surface area contributed by atoms with E-state index in [1.54, 1.807) is 37.1 Å². The van der Waals surface area contributed by atoms with Gasteiger partial charge in [0.25, 0.3) is 0 Å². The van der Waals surface area contributed by atoms with Crippen LogP contribution in [0.1, 0.15) is 31.5 Å². The van der Waals surface area contributed by atoms with Crippen LogP contribution in [0.25, 0.3) is 11.0 Å². The molecule has 5 atom stereocenters. The highest BCUT2D eigenvalue weighted by molar-refractivity contribution is 7.89. The van der Waals surface area contributed by atoms with Gasteiger partial charge in [0.15, 0.2) is 6.29 Å². The molecule has 2 N–H and O–H groups in total. The average Bonchev–Trinajstić information content (AvgIpc) is 3.84. The summed E-state index contributed by atoms with van der Waals surface area (Å²) >= 11 is 0. The number of nitrogens with zero attached hydrogens (tertiary/aromatic N) is 5. The van der Waals surface area contributed by atoms with Gasteiger partial charge in [0.1, 0.15) is 6.10 Å². The predicted molar refractivity (Wildman–Crippen MR) is 173 cm³/mol. The Morgan fingerprint density at radius 3 is 2.70 bits per heavy atom. The minimum absolute atomic E-state index is 0.0366. The van der Waals surface area contributed by atoms with Crippen molar-refractivity contribution in [3.05, 3.63) is 78.6 Å². The predicted octanol–water partition coefficient (Wildman–Crippen LogP) is 2.92. The number of imidazole rings is 2. The van der Waals surface area contributed by atoms with E-state index in [0.29, 0.717) is 24.2 Å². The third-order valence-corrected chi connectivity index (χ3v) is 10.6. The van der Waals surface area contributed by atoms with Crippen LogP contribution < -0.4 is 5.32 Å². The standard InChI is InChI=1S/C33H42N6O7S/c1-22(2)16-39(47(42,43)25-9-10-27-29(14-25)38(21-35-27)17-24-15-34-20-37(24)3)18-30(40)28(13-23-7-5-4-6-8-23)36-33(41)46-31-19-45-32-26(31)11-12-44-32/h4-10,14-15,20-22,26,28,30-32,40H,11-13,16-19H2,1-3H3,(H,36,41)/t26-,28-,30+,31-,32+/m0/s1. The lowest BCUT2D eigenvalue weighted by Crippen LogP contribution is -2.51. The van der Waals surface area contributed by atoms with E-state index in [4.69, 9.17) is 14.2 Å². The van der Waals surface area contributed by atoms with Crippen molar-refractivity contribution in [1.82, 2.24) is 28.7 Å². The van der Waals surface area contributed by atoms with Crippen LogP contribution in [0.15, 0.2) is 72.3 Å². The Labute approximate surface area is 274 Å². The molecular weight excluding hydrogens is 624 g/mol. The largest absolute Gasteiger partial charge is 0.443 e. The summed E-state index contributed by atoms with van der Waals surface area (Å²) in [6, 6.07) is 13.4. The van der Waals surface area contributed by atoms with Gasteiger partial charge in [-0.2, -0.15) is 4.31 Å². The lowest BCUT2D eigenvalue weighted by molar-refractivity contribution is -0.0907. The summed E-state index contributed by atoms with van der Waals surface area (Å²) in [6.07, 6.45) is 3.36. The zero-order valence-electron chi connectivity index (χ0n) is 26.8. The van der Waals surface area contributed by atoms with Crippen molar-refractivity contribution < 1.29 is 32.5 Å². The second-order valence-corrected chi connectivity index (χ2v) is 14.6. The van der Waals surface area contributed by atoms with Crippen LogP contribution in [0, 0.1) is 11.8 Å². The van der Waals surface area contributed by atoms with Crippen LogP contribution in [0.2, 0.25) is 0 Å². The first-order valence-electron chi connectivity index (χ1n) is 15.9. The van der Waals surface area contributed by atoms with Crippen LogP contribution in [-0.4, -0.2) is 93.9 Å². The molecule has 2 aromatic carbocycles. The zero-order chi connectivity index (χ0) is 33.1. The number of hydrogen-bond donors (Lipinski definition) is 2. The normalized spacial score (nSPS) is 20.9. The molecule has 2 aliphatic rings. The topological polar surface area (TPSA) is 150 Å². The molecule has 1 amide bonds. The van der Waals surface area contributed by atoms with Gasteiger partial charge in [-0.1, -0.05) is 44.2 Å². The Hall–Kier alpha value is -3.82. The Morgan fingerprint density at radius 1 is 1.15 bits per heavy atom. The molecule has 0 radical (unpaired) electrons. The van der Waals surface area contributed by atoms with E-state index >= 15 is 0 Å². The Morgan fingerprint density at radius 2 is 1.96 bits per heavy atom. The van der Waals surface area contributed by atoms with E-state index < -0.39 is 34.4 Å². The van der Waals surface area contributed by atoms with E-state index in [0.717, 1.165) is 17.7 Å². The van der Waals surface area contributed by atoms with Gasteiger partial charge in [0.2, 0.25) is 10.0 Å². The molecule has 252 valence electrons. The molecule has 0 unspecified atom stereocenters. The molecule has 4 heterocycles. The molecule has 14 heteroatoms. The van der Waals surface area contributed by atoms with Gasteiger partial charge in [0.05, 0.1) is 72.1 Å². The molecule has 2 aliphatic heterocycles. The minimum atomic E-state index is -4.07. The molecule has 6 rings (SSSR count). The molecule has 13 nitrogen and oxygen atoms in total. The lowest BCUT2D eigenvalue weighted by Gasteiger charge is -2.31. The van der Waals surface area contributed by atoms with Gasteiger partial charge in [-0.3, -0.25) is 0 Å². The summed E-state index contributed by atoms with van der Waals surface area (Å²) in [5.74, 6) is -0.0757. The number of benzene rings is 2. The molecule has 0 aliphatic carbocycles. The highest BCUT2D eigenvalue weighted by Crippen LogP contribution is 2.33. The number of aliphatic hydroxyl groups excluding tert-OH is 1. The number of alkyl carbamates (subject to hydrolysis) is 1. The van der Waals surface area contributed by atoms with E-state index in [1.807, 2.05) is 60.4 Å². The first-order chi connectivity index (χ1) is 22.6. The molecule has 4 aromatic rings. The Kier molecular flexibility index (Phi) is 9.94. The van der Waals surface area contributed by atoms with Gasteiger partial charge in [-0.25, -0.2) is 23.2 Å². The van der Waals surface area contributed by atoms with Crippen molar-refractivity contribution in [3.8, 4) is 0 Å². The highest BCUT2D eigenvalue weighted by atomic mass is 32.2. The average molecular weight is 667 g/mol. The number of ether oxygens (including phenoxy) is 3. The third-order valence-electron chi connectivity index (χ3n) is 8.75. The maximum Gasteiger partial charge on any atom is 0.407 e. The number of aryl methyl sites for hydroxylation is 1. The van der Waals surface area contributed by atoms with Crippen LogP contribution in [0.4, 0.5) is 4.79 Å². The maximum absolute atomic E-state index is 14.2. The number of aromatic nitrogens is 4. The van der Waals surface area contributed by atoms with Gasteiger partial charge in [0, 0.05) is 26.3 Å². The van der Waals surface area contributed by atoms with E-state index in [1.165, 1.54) is 4.31 Å². The molecule has 2 saturated heterocycles. The Bertz CT molecular complexity index is 1780. The van der Waals surface area contributed by atoms with E-state index in [-0.39, 0.29) is 49.1 Å². The monoisotopic (exact) mass is 666 g/mol. The molecular formula is C33H42N6O7S. The van der Waals surface area contributed by atoms with Gasteiger partial charge in [-0.15, -0.1) is 0 Å².